The summed E-state index contributed by atoms with van der Waals surface area (Å²) in [5.74, 6) is 1.32. The number of imidazole rings is 1. The van der Waals surface area contributed by atoms with Gasteiger partial charge in [0, 0.05) is 32.1 Å². The second-order valence-electron chi connectivity index (χ2n) is 6.40. The smallest absolute Gasteiger partial charge is 0.323 e. The maximum absolute atomic E-state index is 12.8. The first-order chi connectivity index (χ1) is 13.0. The minimum absolute atomic E-state index is 0.131. The number of aromatic nitrogens is 4. The molecule has 3 aromatic rings. The molecular formula is C19H24N6O2. The molecule has 0 fully saturated rings. The van der Waals surface area contributed by atoms with Crippen LogP contribution in [-0.2, 0) is 13.6 Å². The fraction of sp³-hybridized carbons (Fsp3) is 0.316. The van der Waals surface area contributed by atoms with Crippen LogP contribution >= 0.6 is 0 Å². The van der Waals surface area contributed by atoms with Crippen molar-refractivity contribution in [1.29, 1.82) is 0 Å². The molecule has 142 valence electrons. The number of anilines is 1. The number of aryl methyl sites for hydroxylation is 3. The van der Waals surface area contributed by atoms with E-state index >= 15 is 0 Å². The third-order valence-electron chi connectivity index (χ3n) is 4.32. The first-order valence-corrected chi connectivity index (χ1v) is 8.75. The van der Waals surface area contributed by atoms with Crippen molar-refractivity contribution >= 4 is 11.8 Å². The topological polar surface area (TPSA) is 88.2 Å². The van der Waals surface area contributed by atoms with Gasteiger partial charge >= 0.3 is 6.03 Å². The molecule has 0 saturated heterocycles. The normalized spacial score (nSPS) is 10.8. The lowest BCUT2D eigenvalue weighted by molar-refractivity contribution is 0.183. The van der Waals surface area contributed by atoms with Gasteiger partial charge in [-0.05, 0) is 25.5 Å². The number of nitrogens with one attached hydrogen (secondary N) is 1. The molecule has 0 radical (unpaired) electrons. The van der Waals surface area contributed by atoms with Crippen molar-refractivity contribution in [2.24, 2.45) is 7.05 Å². The highest BCUT2D eigenvalue weighted by Gasteiger charge is 2.19. The Balaban J connectivity index is 1.84. The second kappa shape index (κ2) is 8.05. The van der Waals surface area contributed by atoms with E-state index in [1.807, 2.05) is 62.0 Å². The summed E-state index contributed by atoms with van der Waals surface area (Å²) in [6.07, 6.45) is 3.50. The fourth-order valence-corrected chi connectivity index (χ4v) is 2.85. The van der Waals surface area contributed by atoms with Crippen LogP contribution in [0, 0.1) is 13.8 Å². The summed E-state index contributed by atoms with van der Waals surface area (Å²) < 4.78 is 3.57. The molecule has 0 aliphatic carbocycles. The van der Waals surface area contributed by atoms with Crippen molar-refractivity contribution in [2.45, 2.75) is 20.4 Å². The number of carbonyl (C=O) groups excluding carboxylic acids is 1. The predicted octanol–water partition coefficient (Wildman–Crippen LogP) is 2.25. The summed E-state index contributed by atoms with van der Waals surface area (Å²) in [6, 6.07) is 9.35. The SMILES string of the molecule is Cc1cc(NC(=O)N(CCO)Cc2nccn2C)n(-c2ccccc2C)n1. The first-order valence-electron chi connectivity index (χ1n) is 8.75. The highest BCUT2D eigenvalue weighted by molar-refractivity contribution is 5.88. The summed E-state index contributed by atoms with van der Waals surface area (Å²) >= 11 is 0. The monoisotopic (exact) mass is 368 g/mol. The van der Waals surface area contributed by atoms with Crippen molar-refractivity contribution < 1.29 is 9.90 Å². The summed E-state index contributed by atoms with van der Waals surface area (Å²) in [5.41, 5.74) is 2.75. The summed E-state index contributed by atoms with van der Waals surface area (Å²) in [7, 11) is 1.87. The van der Waals surface area contributed by atoms with Crippen molar-refractivity contribution in [1.82, 2.24) is 24.2 Å². The number of para-hydroxylation sites is 1. The minimum Gasteiger partial charge on any atom is -0.395 e. The van der Waals surface area contributed by atoms with Gasteiger partial charge in [-0.1, -0.05) is 18.2 Å². The van der Waals surface area contributed by atoms with Crippen molar-refractivity contribution in [2.75, 3.05) is 18.5 Å². The Bertz CT molecular complexity index is 930. The molecule has 3 rings (SSSR count). The molecule has 8 nitrogen and oxygen atoms in total. The van der Waals surface area contributed by atoms with E-state index in [4.69, 9.17) is 0 Å². The van der Waals surface area contributed by atoms with Crippen LogP contribution in [0.15, 0.2) is 42.7 Å². The second-order valence-corrected chi connectivity index (χ2v) is 6.40. The van der Waals surface area contributed by atoms with Crippen LogP contribution in [0.4, 0.5) is 10.6 Å². The Kier molecular flexibility index (Phi) is 5.56. The molecule has 0 aliphatic rings. The Morgan fingerprint density at radius 1 is 1.30 bits per heavy atom. The molecule has 0 bridgehead atoms. The standard InChI is InChI=1S/C19H24N6O2/c1-14-6-4-5-7-16(14)25-17(12-15(2)22-25)21-19(27)24(10-11-26)13-18-20-8-9-23(18)3/h4-9,12,26H,10-11,13H2,1-3H3,(H,21,27). The van der Waals surface area contributed by atoms with Gasteiger partial charge in [-0.2, -0.15) is 5.10 Å². The minimum atomic E-state index is -0.318. The van der Waals surface area contributed by atoms with E-state index in [1.165, 1.54) is 4.90 Å². The van der Waals surface area contributed by atoms with Gasteiger partial charge in [0.25, 0.3) is 0 Å². The summed E-state index contributed by atoms with van der Waals surface area (Å²) in [6.45, 7) is 4.25. The van der Waals surface area contributed by atoms with Crippen LogP contribution in [0.1, 0.15) is 17.1 Å². The largest absolute Gasteiger partial charge is 0.395 e. The number of benzene rings is 1. The molecule has 0 aliphatic heterocycles. The van der Waals surface area contributed by atoms with Gasteiger partial charge in [0.2, 0.25) is 0 Å². The lowest BCUT2D eigenvalue weighted by atomic mass is 10.2. The van der Waals surface area contributed by atoms with E-state index in [0.29, 0.717) is 12.4 Å². The molecule has 0 unspecified atom stereocenters. The van der Waals surface area contributed by atoms with E-state index in [1.54, 1.807) is 10.9 Å². The predicted molar refractivity (Wildman–Crippen MR) is 103 cm³/mol. The fourth-order valence-electron chi connectivity index (χ4n) is 2.85. The zero-order chi connectivity index (χ0) is 19.4. The van der Waals surface area contributed by atoms with Crippen molar-refractivity contribution in [3.05, 3.63) is 59.8 Å². The number of aliphatic hydroxyl groups excluding tert-OH is 1. The summed E-state index contributed by atoms with van der Waals surface area (Å²) in [4.78, 5) is 18.6. The number of hydrogen-bond donors (Lipinski definition) is 2. The van der Waals surface area contributed by atoms with Gasteiger partial charge in [-0.15, -0.1) is 0 Å². The van der Waals surface area contributed by atoms with E-state index in [2.05, 4.69) is 15.4 Å². The molecule has 27 heavy (non-hydrogen) atoms. The van der Waals surface area contributed by atoms with Gasteiger partial charge < -0.3 is 14.6 Å². The van der Waals surface area contributed by atoms with Crippen LogP contribution in [0.25, 0.3) is 5.69 Å². The number of carbonyl (C=O) groups is 1. The molecule has 2 amide bonds. The molecule has 2 aromatic heterocycles. The van der Waals surface area contributed by atoms with Crippen LogP contribution in [0.3, 0.4) is 0 Å². The molecule has 2 heterocycles. The van der Waals surface area contributed by atoms with Crippen LogP contribution < -0.4 is 5.32 Å². The third kappa shape index (κ3) is 4.17. The maximum Gasteiger partial charge on any atom is 0.323 e. The Hall–Kier alpha value is -3.13. The number of amides is 2. The number of urea groups is 1. The van der Waals surface area contributed by atoms with Crippen molar-refractivity contribution in [3.8, 4) is 5.69 Å². The highest BCUT2D eigenvalue weighted by atomic mass is 16.3. The number of hydrogen-bond acceptors (Lipinski definition) is 4. The molecule has 0 saturated carbocycles. The van der Waals surface area contributed by atoms with Gasteiger partial charge in [0.1, 0.15) is 11.6 Å². The van der Waals surface area contributed by atoms with Gasteiger partial charge in [-0.3, -0.25) is 5.32 Å². The highest BCUT2D eigenvalue weighted by Crippen LogP contribution is 2.20. The lowest BCUT2D eigenvalue weighted by Gasteiger charge is -2.22. The van der Waals surface area contributed by atoms with E-state index in [-0.39, 0.29) is 19.2 Å². The van der Waals surface area contributed by atoms with Gasteiger partial charge in [0.05, 0.1) is 24.5 Å². The molecular weight excluding hydrogens is 344 g/mol. The Labute approximate surface area is 158 Å². The van der Waals surface area contributed by atoms with Crippen LogP contribution in [0.5, 0.6) is 0 Å². The maximum atomic E-state index is 12.8. The zero-order valence-electron chi connectivity index (χ0n) is 15.8. The summed E-state index contributed by atoms with van der Waals surface area (Å²) in [5, 5.41) is 16.8. The lowest BCUT2D eigenvalue weighted by Crippen LogP contribution is -2.37. The number of rotatable bonds is 6. The van der Waals surface area contributed by atoms with E-state index in [9.17, 15) is 9.90 Å². The number of aliphatic hydroxyl groups is 1. The van der Waals surface area contributed by atoms with Crippen LogP contribution in [-0.4, -0.2) is 48.5 Å². The van der Waals surface area contributed by atoms with Gasteiger partial charge in [-0.25, -0.2) is 14.5 Å². The zero-order valence-corrected chi connectivity index (χ0v) is 15.8. The quantitative estimate of drug-likeness (QED) is 0.698. The average molecular weight is 368 g/mol. The van der Waals surface area contributed by atoms with Crippen molar-refractivity contribution in [3.63, 3.8) is 0 Å². The third-order valence-corrected chi connectivity index (χ3v) is 4.32. The molecule has 2 N–H and O–H groups in total. The first kappa shape index (κ1) is 18.7. The van der Waals surface area contributed by atoms with Crippen LogP contribution in [0.2, 0.25) is 0 Å². The molecule has 1 aromatic carbocycles. The molecule has 0 atom stereocenters. The van der Waals surface area contributed by atoms with Gasteiger partial charge in [0.15, 0.2) is 0 Å². The molecule has 8 heteroatoms. The Morgan fingerprint density at radius 3 is 2.74 bits per heavy atom. The number of nitrogens with zero attached hydrogens (tertiary/aromatic N) is 5. The Morgan fingerprint density at radius 2 is 2.07 bits per heavy atom. The average Bonchev–Trinajstić information content (AvgIpc) is 3.20. The van der Waals surface area contributed by atoms with E-state index < -0.39 is 0 Å². The molecule has 0 spiro atoms. The van der Waals surface area contributed by atoms with E-state index in [0.717, 1.165) is 22.8 Å².